The van der Waals surface area contributed by atoms with Crippen LogP contribution >= 0.6 is 0 Å². The van der Waals surface area contributed by atoms with E-state index in [2.05, 4.69) is 39.5 Å². The van der Waals surface area contributed by atoms with Crippen molar-refractivity contribution >= 4 is 11.6 Å². The molecule has 0 saturated heterocycles. The third-order valence-corrected chi connectivity index (χ3v) is 3.11. The van der Waals surface area contributed by atoms with Gasteiger partial charge < -0.3 is 10.6 Å². The molecule has 0 aliphatic heterocycles. The molecule has 0 aliphatic carbocycles. The Hall–Kier alpha value is -2.11. The van der Waals surface area contributed by atoms with E-state index < -0.39 is 0 Å². The van der Waals surface area contributed by atoms with Crippen LogP contribution in [0.1, 0.15) is 31.2 Å². The van der Waals surface area contributed by atoms with E-state index >= 15 is 0 Å². The summed E-state index contributed by atoms with van der Waals surface area (Å²) in [6, 6.07) is 1.92. The number of aromatic nitrogens is 4. The van der Waals surface area contributed by atoms with Gasteiger partial charge in [-0.05, 0) is 13.0 Å². The Morgan fingerprint density at radius 2 is 2.00 bits per heavy atom. The van der Waals surface area contributed by atoms with E-state index in [0.29, 0.717) is 5.92 Å². The van der Waals surface area contributed by atoms with Gasteiger partial charge in [0.25, 0.3) is 0 Å². The lowest BCUT2D eigenvalue weighted by atomic mass is 10.2. The van der Waals surface area contributed by atoms with Crippen LogP contribution in [0.15, 0.2) is 18.5 Å². The second kappa shape index (κ2) is 6.36. The largest absolute Gasteiger partial charge is 0.373 e. The molecule has 2 aromatic rings. The summed E-state index contributed by atoms with van der Waals surface area (Å²) in [6.07, 6.45) is 3.74. The average Bonchev–Trinajstić information content (AvgIpc) is 2.93. The third kappa shape index (κ3) is 3.26. The van der Waals surface area contributed by atoms with Crippen molar-refractivity contribution in [3.05, 3.63) is 29.8 Å². The van der Waals surface area contributed by atoms with Gasteiger partial charge in [-0.1, -0.05) is 13.8 Å². The molecule has 2 N–H and O–H groups in total. The first-order chi connectivity index (χ1) is 9.61. The molecule has 0 amide bonds. The summed E-state index contributed by atoms with van der Waals surface area (Å²) < 4.78 is 1.89. The number of nitrogens with one attached hydrogen (secondary N) is 2. The molecule has 0 bridgehead atoms. The van der Waals surface area contributed by atoms with E-state index in [-0.39, 0.29) is 0 Å². The molecule has 0 atom stereocenters. The summed E-state index contributed by atoms with van der Waals surface area (Å²) in [6.45, 7) is 7.80. The van der Waals surface area contributed by atoms with Gasteiger partial charge in [0.05, 0.1) is 6.54 Å². The van der Waals surface area contributed by atoms with E-state index in [0.717, 1.165) is 36.1 Å². The number of hydrogen-bond donors (Lipinski definition) is 2. The Kier molecular flexibility index (Phi) is 4.55. The van der Waals surface area contributed by atoms with Gasteiger partial charge in [0.1, 0.15) is 17.5 Å². The maximum atomic E-state index is 4.61. The number of nitrogens with zero attached hydrogens (tertiary/aromatic N) is 4. The molecule has 2 heterocycles. The van der Waals surface area contributed by atoms with Gasteiger partial charge in [-0.3, -0.25) is 4.68 Å². The van der Waals surface area contributed by atoms with Crippen molar-refractivity contribution in [2.75, 3.05) is 24.2 Å². The van der Waals surface area contributed by atoms with Gasteiger partial charge in [-0.2, -0.15) is 5.10 Å². The smallest absolute Gasteiger partial charge is 0.135 e. The quantitative estimate of drug-likeness (QED) is 0.845. The molecule has 2 rings (SSSR count). The number of hydrogen-bond acceptors (Lipinski definition) is 5. The molecule has 6 heteroatoms. The van der Waals surface area contributed by atoms with Crippen molar-refractivity contribution in [3.63, 3.8) is 0 Å². The maximum Gasteiger partial charge on any atom is 0.135 e. The molecule has 0 aromatic carbocycles. The van der Waals surface area contributed by atoms with Crippen LogP contribution in [0, 0.1) is 6.92 Å². The van der Waals surface area contributed by atoms with Crippen LogP contribution in [0.5, 0.6) is 0 Å². The van der Waals surface area contributed by atoms with E-state index in [1.165, 1.54) is 0 Å². The van der Waals surface area contributed by atoms with Crippen LogP contribution < -0.4 is 10.6 Å². The summed E-state index contributed by atoms with van der Waals surface area (Å²) >= 11 is 0. The van der Waals surface area contributed by atoms with Gasteiger partial charge in [-0.15, -0.1) is 0 Å². The highest BCUT2D eigenvalue weighted by Gasteiger charge is 2.11. The zero-order valence-corrected chi connectivity index (χ0v) is 12.5. The Morgan fingerprint density at radius 3 is 2.60 bits per heavy atom. The lowest BCUT2D eigenvalue weighted by Crippen LogP contribution is -2.15. The molecule has 20 heavy (non-hydrogen) atoms. The highest BCUT2D eigenvalue weighted by atomic mass is 15.3. The third-order valence-electron chi connectivity index (χ3n) is 3.11. The molecular weight excluding hydrogens is 252 g/mol. The van der Waals surface area contributed by atoms with Gasteiger partial charge in [0, 0.05) is 37.5 Å². The van der Waals surface area contributed by atoms with Gasteiger partial charge in [0.2, 0.25) is 0 Å². The van der Waals surface area contributed by atoms with Gasteiger partial charge >= 0.3 is 0 Å². The van der Waals surface area contributed by atoms with E-state index in [9.17, 15) is 0 Å². The van der Waals surface area contributed by atoms with Crippen LogP contribution in [0.25, 0.3) is 0 Å². The summed E-state index contributed by atoms with van der Waals surface area (Å²) in [7, 11) is 1.88. The number of anilines is 2. The fourth-order valence-electron chi connectivity index (χ4n) is 1.93. The van der Waals surface area contributed by atoms with Crippen molar-refractivity contribution in [2.45, 2.75) is 33.2 Å². The first-order valence-corrected chi connectivity index (χ1v) is 6.89. The predicted molar refractivity (Wildman–Crippen MR) is 81.1 cm³/mol. The minimum Gasteiger partial charge on any atom is -0.373 e. The molecular formula is C14H22N6. The van der Waals surface area contributed by atoms with Crippen molar-refractivity contribution in [1.82, 2.24) is 19.7 Å². The van der Waals surface area contributed by atoms with Gasteiger partial charge in [0.15, 0.2) is 0 Å². The van der Waals surface area contributed by atoms with Crippen LogP contribution in [0.2, 0.25) is 0 Å². The first-order valence-electron chi connectivity index (χ1n) is 6.89. The average molecular weight is 274 g/mol. The second-order valence-corrected chi connectivity index (χ2v) is 5.00. The monoisotopic (exact) mass is 274 g/mol. The molecule has 0 spiro atoms. The standard InChI is InChI=1S/C14H22N6/c1-10(2)12-18-13(15-4)11(3)14(19-12)16-7-9-20-8-5-6-17-20/h5-6,8,10H,7,9H2,1-4H3,(H2,15,16,18,19). The molecule has 0 saturated carbocycles. The topological polar surface area (TPSA) is 67.7 Å². The van der Waals surface area contributed by atoms with Crippen LogP contribution in [0.3, 0.4) is 0 Å². The summed E-state index contributed by atoms with van der Waals surface area (Å²) in [5, 5.41) is 10.7. The normalized spacial score (nSPS) is 10.8. The van der Waals surface area contributed by atoms with Crippen LogP contribution in [-0.2, 0) is 6.54 Å². The lowest BCUT2D eigenvalue weighted by Gasteiger charge is -2.15. The number of rotatable bonds is 6. The molecule has 108 valence electrons. The summed E-state index contributed by atoms with van der Waals surface area (Å²) in [5.41, 5.74) is 1.04. The second-order valence-electron chi connectivity index (χ2n) is 5.00. The highest BCUT2D eigenvalue weighted by Crippen LogP contribution is 2.22. The van der Waals surface area contributed by atoms with Crippen molar-refractivity contribution in [1.29, 1.82) is 0 Å². The maximum absolute atomic E-state index is 4.61. The summed E-state index contributed by atoms with van der Waals surface area (Å²) in [4.78, 5) is 9.14. The zero-order chi connectivity index (χ0) is 14.5. The molecule has 2 aromatic heterocycles. The van der Waals surface area contributed by atoms with Crippen molar-refractivity contribution < 1.29 is 0 Å². The first kappa shape index (κ1) is 14.3. The molecule has 6 nitrogen and oxygen atoms in total. The Labute approximate surface area is 119 Å². The molecule has 0 unspecified atom stereocenters. The van der Waals surface area contributed by atoms with Crippen LogP contribution in [0.4, 0.5) is 11.6 Å². The van der Waals surface area contributed by atoms with E-state index in [4.69, 9.17) is 0 Å². The fraction of sp³-hybridized carbons (Fsp3) is 0.500. The lowest BCUT2D eigenvalue weighted by molar-refractivity contribution is 0.636. The fourth-order valence-corrected chi connectivity index (χ4v) is 1.93. The van der Waals surface area contributed by atoms with Crippen molar-refractivity contribution in [3.8, 4) is 0 Å². The van der Waals surface area contributed by atoms with E-state index in [1.54, 1.807) is 6.20 Å². The zero-order valence-electron chi connectivity index (χ0n) is 12.5. The Morgan fingerprint density at radius 1 is 1.25 bits per heavy atom. The molecule has 0 fully saturated rings. The highest BCUT2D eigenvalue weighted by molar-refractivity contribution is 5.57. The minimum absolute atomic E-state index is 0.300. The van der Waals surface area contributed by atoms with Crippen molar-refractivity contribution in [2.24, 2.45) is 0 Å². The van der Waals surface area contributed by atoms with Gasteiger partial charge in [-0.25, -0.2) is 9.97 Å². The molecule has 0 aliphatic rings. The SMILES string of the molecule is CNc1nc(C(C)C)nc(NCCn2cccn2)c1C. The summed E-state index contributed by atoms with van der Waals surface area (Å²) in [5.74, 6) is 2.92. The van der Waals surface area contributed by atoms with E-state index in [1.807, 2.05) is 30.9 Å². The van der Waals surface area contributed by atoms with Crippen LogP contribution in [-0.4, -0.2) is 33.3 Å². The Bertz CT molecular complexity index is 547. The Balaban J connectivity index is 2.11. The predicted octanol–water partition coefficient (Wildman–Crippen LogP) is 2.26. The molecule has 0 radical (unpaired) electrons. The minimum atomic E-state index is 0.300.